The van der Waals surface area contributed by atoms with Crippen LogP contribution in [0, 0.1) is 0 Å². The van der Waals surface area contributed by atoms with Gasteiger partial charge in [0.2, 0.25) is 5.91 Å². The van der Waals surface area contributed by atoms with Gasteiger partial charge in [0.15, 0.2) is 0 Å². The molecule has 0 aliphatic carbocycles. The van der Waals surface area contributed by atoms with Crippen LogP contribution in [0.2, 0.25) is 0 Å². The Morgan fingerprint density at radius 1 is 0.962 bits per heavy atom. The van der Waals surface area contributed by atoms with Gasteiger partial charge in [-0.2, -0.15) is 0 Å². The molecule has 4 nitrogen and oxygen atoms in total. The lowest BCUT2D eigenvalue weighted by Crippen LogP contribution is -2.24. The molecule has 1 aromatic heterocycles. The van der Waals surface area contributed by atoms with E-state index in [4.69, 9.17) is 4.98 Å². The summed E-state index contributed by atoms with van der Waals surface area (Å²) < 4.78 is 2.12. The van der Waals surface area contributed by atoms with E-state index in [1.165, 1.54) is 5.39 Å². The zero-order valence-corrected chi connectivity index (χ0v) is 14.6. The summed E-state index contributed by atoms with van der Waals surface area (Å²) in [4.78, 5) is 19.4. The molecule has 1 fully saturated rings. The molecule has 5 rings (SSSR count). The molecule has 2 heterocycles. The number of aryl methyl sites for hydroxylation is 1. The van der Waals surface area contributed by atoms with Crippen LogP contribution in [-0.2, 0) is 11.8 Å². The van der Waals surface area contributed by atoms with Gasteiger partial charge in [0.1, 0.15) is 5.82 Å². The summed E-state index contributed by atoms with van der Waals surface area (Å²) in [5, 5.41) is 2.35. The van der Waals surface area contributed by atoms with Crippen LogP contribution in [0.25, 0.3) is 21.8 Å². The Morgan fingerprint density at radius 2 is 1.73 bits per heavy atom. The van der Waals surface area contributed by atoms with Gasteiger partial charge in [-0.3, -0.25) is 4.79 Å². The number of para-hydroxylation sites is 2. The molecule has 0 bridgehead atoms. The third kappa shape index (κ3) is 2.30. The maximum absolute atomic E-state index is 12.7. The first kappa shape index (κ1) is 15.1. The fraction of sp³-hybridized carbons (Fsp3) is 0.182. The predicted octanol–water partition coefficient (Wildman–Crippen LogP) is 4.25. The summed E-state index contributed by atoms with van der Waals surface area (Å²) in [5.74, 6) is 1.27. The lowest BCUT2D eigenvalue weighted by atomic mass is 10.1. The predicted molar refractivity (Wildman–Crippen MR) is 104 cm³/mol. The SMILES string of the molecule is Cn1c(C2CC(=O)N(c3ccc4ccccc4c3)C2)nc2ccccc21. The van der Waals surface area contributed by atoms with Crippen molar-refractivity contribution in [3.05, 3.63) is 72.6 Å². The number of carbonyl (C=O) groups excluding carboxylic acids is 1. The number of benzene rings is 3. The van der Waals surface area contributed by atoms with Crippen molar-refractivity contribution < 1.29 is 4.79 Å². The number of imidazole rings is 1. The first-order valence-corrected chi connectivity index (χ1v) is 8.91. The number of anilines is 1. The van der Waals surface area contributed by atoms with Crippen LogP contribution in [0.4, 0.5) is 5.69 Å². The molecule has 1 aliphatic rings. The lowest BCUT2D eigenvalue weighted by Gasteiger charge is -2.17. The summed E-state index contributed by atoms with van der Waals surface area (Å²) >= 11 is 0. The number of hydrogen-bond donors (Lipinski definition) is 0. The second-order valence-corrected chi connectivity index (χ2v) is 6.95. The Morgan fingerprint density at radius 3 is 2.58 bits per heavy atom. The van der Waals surface area contributed by atoms with Crippen molar-refractivity contribution in [2.75, 3.05) is 11.4 Å². The number of aromatic nitrogens is 2. The van der Waals surface area contributed by atoms with Gasteiger partial charge in [-0.1, -0.05) is 42.5 Å². The molecule has 26 heavy (non-hydrogen) atoms. The van der Waals surface area contributed by atoms with Crippen molar-refractivity contribution in [1.82, 2.24) is 9.55 Å². The lowest BCUT2D eigenvalue weighted by molar-refractivity contribution is -0.117. The third-order valence-corrected chi connectivity index (χ3v) is 5.36. The van der Waals surface area contributed by atoms with Crippen LogP contribution in [0.15, 0.2) is 66.7 Å². The molecule has 3 aromatic carbocycles. The van der Waals surface area contributed by atoms with Gasteiger partial charge >= 0.3 is 0 Å². The highest BCUT2D eigenvalue weighted by Crippen LogP contribution is 2.33. The first-order chi connectivity index (χ1) is 12.7. The Balaban J connectivity index is 1.50. The summed E-state index contributed by atoms with van der Waals surface area (Å²) in [7, 11) is 2.04. The van der Waals surface area contributed by atoms with Gasteiger partial charge in [0.05, 0.1) is 11.0 Å². The molecule has 1 saturated heterocycles. The topological polar surface area (TPSA) is 38.1 Å². The number of amides is 1. The summed E-state index contributed by atoms with van der Waals surface area (Å²) in [6.45, 7) is 0.675. The Kier molecular flexibility index (Phi) is 3.32. The molecule has 1 unspecified atom stereocenters. The van der Waals surface area contributed by atoms with Gasteiger partial charge in [-0.15, -0.1) is 0 Å². The second-order valence-electron chi connectivity index (χ2n) is 6.95. The van der Waals surface area contributed by atoms with Crippen molar-refractivity contribution >= 4 is 33.4 Å². The maximum atomic E-state index is 12.7. The molecule has 0 spiro atoms. The van der Waals surface area contributed by atoms with E-state index in [2.05, 4.69) is 34.9 Å². The zero-order valence-electron chi connectivity index (χ0n) is 14.6. The highest BCUT2D eigenvalue weighted by Gasteiger charge is 2.34. The van der Waals surface area contributed by atoms with Crippen LogP contribution < -0.4 is 4.90 Å². The van der Waals surface area contributed by atoms with Crippen LogP contribution in [0.1, 0.15) is 18.2 Å². The summed E-state index contributed by atoms with van der Waals surface area (Å²) in [6, 6.07) is 22.6. The molecule has 1 amide bonds. The van der Waals surface area contributed by atoms with Crippen molar-refractivity contribution in [3.8, 4) is 0 Å². The van der Waals surface area contributed by atoms with Crippen LogP contribution >= 0.6 is 0 Å². The molecule has 128 valence electrons. The summed E-state index contributed by atoms with van der Waals surface area (Å²) in [5.41, 5.74) is 3.07. The van der Waals surface area contributed by atoms with Gasteiger partial charge < -0.3 is 9.47 Å². The number of carbonyl (C=O) groups is 1. The zero-order chi connectivity index (χ0) is 17.7. The fourth-order valence-corrected chi connectivity index (χ4v) is 4.00. The van der Waals surface area contributed by atoms with E-state index in [0.29, 0.717) is 13.0 Å². The molecule has 1 aliphatic heterocycles. The average Bonchev–Trinajstić information content (AvgIpc) is 3.22. The van der Waals surface area contributed by atoms with Crippen molar-refractivity contribution in [1.29, 1.82) is 0 Å². The number of fused-ring (bicyclic) bond motifs is 2. The van der Waals surface area contributed by atoms with Crippen LogP contribution in [0.3, 0.4) is 0 Å². The van der Waals surface area contributed by atoms with E-state index in [1.807, 2.05) is 48.3 Å². The smallest absolute Gasteiger partial charge is 0.227 e. The third-order valence-electron chi connectivity index (χ3n) is 5.36. The average molecular weight is 341 g/mol. The van der Waals surface area contributed by atoms with E-state index in [-0.39, 0.29) is 11.8 Å². The largest absolute Gasteiger partial charge is 0.331 e. The van der Waals surface area contributed by atoms with Gasteiger partial charge in [0.25, 0.3) is 0 Å². The normalized spacial score (nSPS) is 17.5. The van der Waals surface area contributed by atoms with Crippen molar-refractivity contribution in [2.45, 2.75) is 12.3 Å². The minimum absolute atomic E-state index is 0.117. The van der Waals surface area contributed by atoms with Crippen LogP contribution in [-0.4, -0.2) is 22.0 Å². The van der Waals surface area contributed by atoms with Crippen LogP contribution in [0.5, 0.6) is 0 Å². The number of hydrogen-bond acceptors (Lipinski definition) is 2. The highest BCUT2D eigenvalue weighted by molar-refractivity contribution is 5.98. The number of nitrogens with zero attached hydrogens (tertiary/aromatic N) is 3. The fourth-order valence-electron chi connectivity index (χ4n) is 4.00. The molecular weight excluding hydrogens is 322 g/mol. The van der Waals surface area contributed by atoms with E-state index in [0.717, 1.165) is 27.9 Å². The minimum Gasteiger partial charge on any atom is -0.331 e. The Bertz CT molecular complexity index is 1140. The second kappa shape index (κ2) is 5.70. The molecule has 1 atom stereocenters. The van der Waals surface area contributed by atoms with Crippen molar-refractivity contribution in [2.24, 2.45) is 7.05 Å². The van der Waals surface area contributed by atoms with Crippen molar-refractivity contribution in [3.63, 3.8) is 0 Å². The quantitative estimate of drug-likeness (QED) is 0.547. The van der Waals surface area contributed by atoms with E-state index >= 15 is 0 Å². The first-order valence-electron chi connectivity index (χ1n) is 8.91. The Hall–Kier alpha value is -3.14. The van der Waals surface area contributed by atoms with E-state index < -0.39 is 0 Å². The molecule has 0 radical (unpaired) electrons. The summed E-state index contributed by atoms with van der Waals surface area (Å²) in [6.07, 6.45) is 0.504. The molecular formula is C22H19N3O. The van der Waals surface area contributed by atoms with Gasteiger partial charge in [-0.05, 0) is 35.0 Å². The van der Waals surface area contributed by atoms with E-state index in [9.17, 15) is 4.79 Å². The van der Waals surface area contributed by atoms with Gasteiger partial charge in [-0.25, -0.2) is 4.98 Å². The minimum atomic E-state index is 0.117. The maximum Gasteiger partial charge on any atom is 0.227 e. The molecule has 0 N–H and O–H groups in total. The van der Waals surface area contributed by atoms with E-state index in [1.54, 1.807) is 0 Å². The van der Waals surface area contributed by atoms with Gasteiger partial charge in [0, 0.05) is 31.6 Å². The molecule has 4 heteroatoms. The standard InChI is InChI=1S/C22H19N3O/c1-24-20-9-5-4-8-19(20)23-22(24)17-13-21(26)25(14-17)18-11-10-15-6-2-3-7-16(15)12-18/h2-12,17H,13-14H2,1H3. The molecule has 4 aromatic rings. The Labute approximate surface area is 151 Å². The molecule has 0 saturated carbocycles. The number of rotatable bonds is 2. The highest BCUT2D eigenvalue weighted by atomic mass is 16.2. The monoisotopic (exact) mass is 341 g/mol.